The molecule has 20 heavy (non-hydrogen) atoms. The van der Waals surface area contributed by atoms with Gasteiger partial charge in [0.1, 0.15) is 5.69 Å². The van der Waals surface area contributed by atoms with Crippen molar-refractivity contribution in [2.24, 2.45) is 5.41 Å². The van der Waals surface area contributed by atoms with Gasteiger partial charge in [0.25, 0.3) is 0 Å². The van der Waals surface area contributed by atoms with Crippen LogP contribution in [0.2, 0.25) is 0 Å². The molecule has 0 amide bonds. The van der Waals surface area contributed by atoms with Crippen LogP contribution in [-0.2, 0) is 5.54 Å². The van der Waals surface area contributed by atoms with E-state index in [2.05, 4.69) is 54.4 Å². The van der Waals surface area contributed by atoms with Crippen molar-refractivity contribution in [3.63, 3.8) is 0 Å². The van der Waals surface area contributed by atoms with Crippen LogP contribution >= 0.6 is 12.2 Å². The Morgan fingerprint density at radius 3 is 2.45 bits per heavy atom. The summed E-state index contributed by atoms with van der Waals surface area (Å²) in [6.07, 6.45) is 2.77. The third-order valence-corrected chi connectivity index (χ3v) is 3.41. The summed E-state index contributed by atoms with van der Waals surface area (Å²) in [7, 11) is 0. The molecule has 4 nitrogen and oxygen atoms in total. The lowest BCUT2D eigenvalue weighted by Gasteiger charge is -2.34. The minimum absolute atomic E-state index is 0.130. The molecule has 0 radical (unpaired) electrons. The maximum Gasteiger partial charge on any atom is 0.195 e. The number of hydrogen-bond acceptors (Lipinski definition) is 3. The Morgan fingerprint density at radius 1 is 1.20 bits per heavy atom. The van der Waals surface area contributed by atoms with Gasteiger partial charge in [-0.15, -0.1) is 0 Å². The van der Waals surface area contributed by atoms with Gasteiger partial charge in [0.05, 0.1) is 0 Å². The fourth-order valence-electron chi connectivity index (χ4n) is 2.90. The predicted molar refractivity (Wildman–Crippen MR) is 84.0 cm³/mol. The fourth-order valence-corrected chi connectivity index (χ4v) is 3.28. The molecule has 1 N–H and O–H groups in total. The second-order valence-corrected chi connectivity index (χ2v) is 7.34. The number of pyridine rings is 1. The SMILES string of the molecule is CC(C)(C)CC(C)(C)n1c(-c2ccccn2)n[nH]c1=S. The summed E-state index contributed by atoms with van der Waals surface area (Å²) in [4.78, 5) is 4.38. The highest BCUT2D eigenvalue weighted by atomic mass is 32.1. The van der Waals surface area contributed by atoms with Gasteiger partial charge in [0.15, 0.2) is 10.6 Å². The molecule has 108 valence electrons. The van der Waals surface area contributed by atoms with E-state index in [0.29, 0.717) is 4.77 Å². The molecule has 2 heterocycles. The first-order chi connectivity index (χ1) is 9.21. The number of nitrogens with one attached hydrogen (secondary N) is 1. The highest BCUT2D eigenvalue weighted by Crippen LogP contribution is 2.34. The van der Waals surface area contributed by atoms with Gasteiger partial charge in [-0.3, -0.25) is 14.6 Å². The van der Waals surface area contributed by atoms with Crippen LogP contribution in [0, 0.1) is 10.2 Å². The lowest BCUT2D eigenvalue weighted by Crippen LogP contribution is -2.32. The van der Waals surface area contributed by atoms with Crippen molar-refractivity contribution >= 4 is 12.2 Å². The van der Waals surface area contributed by atoms with Crippen molar-refractivity contribution in [3.05, 3.63) is 29.2 Å². The van der Waals surface area contributed by atoms with Crippen LogP contribution in [0.15, 0.2) is 24.4 Å². The zero-order valence-electron chi connectivity index (χ0n) is 12.8. The third kappa shape index (κ3) is 3.15. The average molecular weight is 290 g/mol. The maximum atomic E-state index is 5.43. The van der Waals surface area contributed by atoms with Crippen LogP contribution in [-0.4, -0.2) is 19.7 Å². The summed E-state index contributed by atoms with van der Waals surface area (Å²) in [6.45, 7) is 11.1. The van der Waals surface area contributed by atoms with Gasteiger partial charge in [-0.2, -0.15) is 5.10 Å². The molecule has 0 aliphatic carbocycles. The molecule has 0 aliphatic rings. The van der Waals surface area contributed by atoms with Crippen LogP contribution in [0.4, 0.5) is 0 Å². The predicted octanol–water partition coefficient (Wildman–Crippen LogP) is 4.17. The minimum atomic E-state index is -0.130. The Balaban J connectivity index is 2.53. The number of hydrogen-bond donors (Lipinski definition) is 1. The summed E-state index contributed by atoms with van der Waals surface area (Å²) in [5.41, 5.74) is 0.911. The van der Waals surface area contributed by atoms with Crippen molar-refractivity contribution < 1.29 is 0 Å². The van der Waals surface area contributed by atoms with E-state index >= 15 is 0 Å². The Bertz CT molecular complexity index is 632. The van der Waals surface area contributed by atoms with Crippen molar-refractivity contribution in [1.29, 1.82) is 0 Å². The molecule has 5 heteroatoms. The monoisotopic (exact) mass is 290 g/mol. The molecule has 0 aliphatic heterocycles. The summed E-state index contributed by atoms with van der Waals surface area (Å²) in [6, 6.07) is 5.81. The van der Waals surface area contributed by atoms with E-state index in [4.69, 9.17) is 12.2 Å². The molecule has 0 unspecified atom stereocenters. The van der Waals surface area contributed by atoms with Crippen molar-refractivity contribution in [2.45, 2.75) is 46.6 Å². The van der Waals surface area contributed by atoms with Gasteiger partial charge < -0.3 is 0 Å². The number of aromatic amines is 1. The van der Waals surface area contributed by atoms with Gasteiger partial charge in [0.2, 0.25) is 0 Å². The normalized spacial score (nSPS) is 12.7. The van der Waals surface area contributed by atoms with Crippen LogP contribution in [0.3, 0.4) is 0 Å². The van der Waals surface area contributed by atoms with Gasteiger partial charge in [0, 0.05) is 11.7 Å². The summed E-state index contributed by atoms with van der Waals surface area (Å²) < 4.78 is 2.72. The molecule has 0 fully saturated rings. The summed E-state index contributed by atoms with van der Waals surface area (Å²) >= 11 is 5.43. The number of rotatable bonds is 3. The molecular weight excluding hydrogens is 268 g/mol. The molecule has 0 bridgehead atoms. The molecule has 0 saturated carbocycles. The Morgan fingerprint density at radius 2 is 1.90 bits per heavy atom. The van der Waals surface area contributed by atoms with E-state index in [9.17, 15) is 0 Å². The van der Waals surface area contributed by atoms with E-state index in [0.717, 1.165) is 17.9 Å². The first-order valence-corrected chi connectivity index (χ1v) is 7.21. The first kappa shape index (κ1) is 14.9. The molecular formula is C15H22N4S. The smallest absolute Gasteiger partial charge is 0.195 e. The maximum absolute atomic E-state index is 5.43. The molecule has 0 saturated heterocycles. The second-order valence-electron chi connectivity index (χ2n) is 6.95. The molecule has 2 aromatic heterocycles. The van der Waals surface area contributed by atoms with E-state index < -0.39 is 0 Å². The quantitative estimate of drug-likeness (QED) is 0.863. The third-order valence-electron chi connectivity index (χ3n) is 3.13. The Hall–Kier alpha value is -1.49. The Labute approximate surface area is 125 Å². The van der Waals surface area contributed by atoms with Crippen molar-refractivity contribution in [1.82, 2.24) is 19.7 Å². The fraction of sp³-hybridized carbons (Fsp3) is 0.533. The lowest BCUT2D eigenvalue weighted by molar-refractivity contribution is 0.214. The van der Waals surface area contributed by atoms with E-state index in [1.165, 1.54) is 0 Å². The van der Waals surface area contributed by atoms with Crippen LogP contribution < -0.4 is 0 Å². The molecule has 0 atom stereocenters. The lowest BCUT2D eigenvalue weighted by atomic mass is 9.81. The van der Waals surface area contributed by atoms with Crippen LogP contribution in [0.25, 0.3) is 11.5 Å². The first-order valence-electron chi connectivity index (χ1n) is 6.80. The largest absolute Gasteiger partial charge is 0.293 e. The van der Waals surface area contributed by atoms with Gasteiger partial charge in [-0.25, -0.2) is 0 Å². The van der Waals surface area contributed by atoms with Crippen LogP contribution in [0.1, 0.15) is 41.0 Å². The average Bonchev–Trinajstić information content (AvgIpc) is 2.70. The van der Waals surface area contributed by atoms with Gasteiger partial charge in [-0.05, 0) is 50.0 Å². The molecule has 2 rings (SSSR count). The molecule has 0 spiro atoms. The Kier molecular flexibility index (Phi) is 3.82. The van der Waals surface area contributed by atoms with E-state index in [-0.39, 0.29) is 11.0 Å². The van der Waals surface area contributed by atoms with Crippen molar-refractivity contribution in [3.8, 4) is 11.5 Å². The standard InChI is InChI=1S/C15H22N4S/c1-14(2,3)10-15(4,5)19-12(17-18-13(19)20)11-8-6-7-9-16-11/h6-9H,10H2,1-5H3,(H,18,20). The summed E-state index contributed by atoms with van der Waals surface area (Å²) in [5.74, 6) is 0.796. The summed E-state index contributed by atoms with van der Waals surface area (Å²) in [5, 5.41) is 7.27. The van der Waals surface area contributed by atoms with E-state index in [1.807, 2.05) is 18.2 Å². The highest BCUT2D eigenvalue weighted by molar-refractivity contribution is 7.71. The molecule has 2 aromatic rings. The zero-order chi connectivity index (χ0) is 15.0. The highest BCUT2D eigenvalue weighted by Gasteiger charge is 2.30. The van der Waals surface area contributed by atoms with Crippen molar-refractivity contribution in [2.75, 3.05) is 0 Å². The van der Waals surface area contributed by atoms with Gasteiger partial charge in [-0.1, -0.05) is 26.8 Å². The number of H-pyrrole nitrogens is 1. The zero-order valence-corrected chi connectivity index (χ0v) is 13.6. The second kappa shape index (κ2) is 5.13. The number of aromatic nitrogens is 4. The topological polar surface area (TPSA) is 46.5 Å². The van der Waals surface area contributed by atoms with E-state index in [1.54, 1.807) is 6.20 Å². The molecule has 0 aromatic carbocycles. The van der Waals surface area contributed by atoms with Gasteiger partial charge >= 0.3 is 0 Å². The van der Waals surface area contributed by atoms with Crippen LogP contribution in [0.5, 0.6) is 0 Å². The number of nitrogens with zero attached hydrogens (tertiary/aromatic N) is 3. The minimum Gasteiger partial charge on any atom is -0.293 e.